The number of aliphatic carboxylic acids is 1. The molecule has 3 rings (SSSR count). The van der Waals surface area contributed by atoms with Crippen molar-refractivity contribution in [3.63, 3.8) is 0 Å². The summed E-state index contributed by atoms with van der Waals surface area (Å²) in [4.78, 5) is 15.8. The van der Waals surface area contributed by atoms with Crippen LogP contribution in [-0.2, 0) is 4.79 Å². The number of pyridine rings is 1. The first-order valence-corrected chi connectivity index (χ1v) is 7.06. The molecule has 1 aromatic carbocycles. The summed E-state index contributed by atoms with van der Waals surface area (Å²) in [7, 11) is 0. The molecule has 0 bridgehead atoms. The van der Waals surface area contributed by atoms with Gasteiger partial charge in [-0.3, -0.25) is 15.1 Å². The SMILES string of the molecule is CC(COc1cccc2ncccc12)(NC1CC1)C(=O)O. The van der Waals surface area contributed by atoms with Gasteiger partial charge in [-0.1, -0.05) is 6.07 Å². The third-order valence-corrected chi connectivity index (χ3v) is 3.69. The Balaban J connectivity index is 1.79. The lowest BCUT2D eigenvalue weighted by atomic mass is 10.0. The average Bonchev–Trinajstić information content (AvgIpc) is 3.28. The van der Waals surface area contributed by atoms with Crippen molar-refractivity contribution in [2.45, 2.75) is 31.3 Å². The number of fused-ring (bicyclic) bond motifs is 1. The molecule has 1 aliphatic rings. The number of carboxylic acid groups (broad SMARTS) is 1. The van der Waals surface area contributed by atoms with Crippen LogP contribution in [0.15, 0.2) is 36.5 Å². The number of nitrogens with one attached hydrogen (secondary N) is 1. The van der Waals surface area contributed by atoms with E-state index in [1.165, 1.54) is 0 Å². The van der Waals surface area contributed by atoms with Crippen molar-refractivity contribution in [1.82, 2.24) is 10.3 Å². The molecule has 2 N–H and O–H groups in total. The van der Waals surface area contributed by atoms with Crippen LogP contribution in [0.2, 0.25) is 0 Å². The van der Waals surface area contributed by atoms with Crippen LogP contribution < -0.4 is 10.1 Å². The number of rotatable bonds is 6. The Morgan fingerprint density at radius 2 is 2.24 bits per heavy atom. The second-order valence-corrected chi connectivity index (χ2v) is 5.67. The maximum Gasteiger partial charge on any atom is 0.327 e. The van der Waals surface area contributed by atoms with Crippen LogP contribution in [0.1, 0.15) is 19.8 Å². The Morgan fingerprint density at radius 1 is 1.43 bits per heavy atom. The fourth-order valence-corrected chi connectivity index (χ4v) is 2.27. The zero-order valence-electron chi connectivity index (χ0n) is 11.9. The molecule has 0 amide bonds. The van der Waals surface area contributed by atoms with Crippen molar-refractivity contribution in [3.05, 3.63) is 36.5 Å². The van der Waals surface area contributed by atoms with Gasteiger partial charge in [-0.2, -0.15) is 0 Å². The molecule has 1 aromatic heterocycles. The van der Waals surface area contributed by atoms with Crippen molar-refractivity contribution in [1.29, 1.82) is 0 Å². The summed E-state index contributed by atoms with van der Waals surface area (Å²) in [6.45, 7) is 1.74. The van der Waals surface area contributed by atoms with Gasteiger partial charge < -0.3 is 9.84 Å². The molecule has 1 unspecified atom stereocenters. The predicted octanol–water partition coefficient (Wildman–Crippen LogP) is 2.21. The molecule has 21 heavy (non-hydrogen) atoms. The van der Waals surface area contributed by atoms with Crippen LogP contribution in [0, 0.1) is 0 Å². The predicted molar refractivity (Wildman–Crippen MR) is 79.4 cm³/mol. The van der Waals surface area contributed by atoms with E-state index in [4.69, 9.17) is 4.74 Å². The van der Waals surface area contributed by atoms with Gasteiger partial charge in [-0.05, 0) is 44.0 Å². The second-order valence-electron chi connectivity index (χ2n) is 5.67. The number of carboxylic acids is 1. The standard InChI is InChI=1S/C16H18N2O3/c1-16(15(19)20,18-11-7-8-11)10-21-14-6-2-5-13-12(14)4-3-9-17-13/h2-6,9,11,18H,7-8,10H2,1H3,(H,19,20). The molecular weight excluding hydrogens is 268 g/mol. The lowest BCUT2D eigenvalue weighted by molar-refractivity contribution is -0.145. The Hall–Kier alpha value is -2.14. The molecule has 2 aromatic rings. The molecule has 5 nitrogen and oxygen atoms in total. The van der Waals surface area contributed by atoms with Gasteiger partial charge in [0.1, 0.15) is 17.9 Å². The smallest absolute Gasteiger partial charge is 0.327 e. The van der Waals surface area contributed by atoms with E-state index >= 15 is 0 Å². The number of benzene rings is 1. The van der Waals surface area contributed by atoms with Crippen LogP contribution in [0.5, 0.6) is 5.75 Å². The minimum absolute atomic E-state index is 0.0762. The van der Waals surface area contributed by atoms with Gasteiger partial charge in [-0.15, -0.1) is 0 Å². The van der Waals surface area contributed by atoms with E-state index in [-0.39, 0.29) is 6.61 Å². The molecule has 0 aliphatic heterocycles. The Labute approximate surface area is 123 Å². The van der Waals surface area contributed by atoms with Crippen molar-refractivity contribution in [2.24, 2.45) is 0 Å². The summed E-state index contributed by atoms with van der Waals surface area (Å²) in [6, 6.07) is 9.66. The first-order valence-electron chi connectivity index (χ1n) is 7.06. The van der Waals surface area contributed by atoms with Crippen LogP contribution >= 0.6 is 0 Å². The molecule has 5 heteroatoms. The first kappa shape index (κ1) is 13.8. The van der Waals surface area contributed by atoms with E-state index < -0.39 is 11.5 Å². The third kappa shape index (κ3) is 2.97. The number of hydrogen-bond acceptors (Lipinski definition) is 4. The molecule has 110 valence electrons. The molecule has 0 radical (unpaired) electrons. The van der Waals surface area contributed by atoms with E-state index in [1.807, 2.05) is 30.3 Å². The largest absolute Gasteiger partial charge is 0.490 e. The van der Waals surface area contributed by atoms with E-state index in [9.17, 15) is 9.90 Å². The van der Waals surface area contributed by atoms with Crippen LogP contribution in [0.3, 0.4) is 0 Å². The number of hydrogen-bond donors (Lipinski definition) is 2. The highest BCUT2D eigenvalue weighted by atomic mass is 16.5. The Morgan fingerprint density at radius 3 is 2.95 bits per heavy atom. The Bertz CT molecular complexity index is 664. The van der Waals surface area contributed by atoms with E-state index in [0.29, 0.717) is 11.8 Å². The highest BCUT2D eigenvalue weighted by Crippen LogP contribution is 2.26. The maximum absolute atomic E-state index is 11.5. The van der Waals surface area contributed by atoms with Crippen LogP contribution in [0.25, 0.3) is 10.9 Å². The van der Waals surface area contributed by atoms with E-state index in [2.05, 4.69) is 10.3 Å². The number of nitrogens with zero attached hydrogens (tertiary/aromatic N) is 1. The van der Waals surface area contributed by atoms with Crippen molar-refractivity contribution in [3.8, 4) is 5.75 Å². The highest BCUT2D eigenvalue weighted by Gasteiger charge is 2.39. The lowest BCUT2D eigenvalue weighted by Gasteiger charge is -2.26. The van der Waals surface area contributed by atoms with Gasteiger partial charge in [0, 0.05) is 17.6 Å². The Kier molecular flexibility index (Phi) is 3.51. The van der Waals surface area contributed by atoms with Gasteiger partial charge in [-0.25, -0.2) is 0 Å². The van der Waals surface area contributed by atoms with Gasteiger partial charge in [0.05, 0.1) is 5.52 Å². The molecule has 1 aliphatic carbocycles. The summed E-state index contributed by atoms with van der Waals surface area (Å²) in [5.41, 5.74) is -0.242. The zero-order valence-corrected chi connectivity index (χ0v) is 11.9. The molecule has 0 spiro atoms. The molecule has 1 fully saturated rings. The highest BCUT2D eigenvalue weighted by molar-refractivity contribution is 5.85. The molecule has 0 saturated heterocycles. The quantitative estimate of drug-likeness (QED) is 0.852. The molecule has 1 heterocycles. The van der Waals surface area contributed by atoms with Crippen molar-refractivity contribution < 1.29 is 14.6 Å². The van der Waals surface area contributed by atoms with Crippen molar-refractivity contribution in [2.75, 3.05) is 6.61 Å². The monoisotopic (exact) mass is 286 g/mol. The van der Waals surface area contributed by atoms with Gasteiger partial charge in [0.2, 0.25) is 0 Å². The minimum Gasteiger partial charge on any atom is -0.490 e. The summed E-state index contributed by atoms with van der Waals surface area (Å²) in [5.74, 6) is -0.238. The van der Waals surface area contributed by atoms with E-state index in [1.54, 1.807) is 13.1 Å². The molecule has 1 atom stereocenters. The van der Waals surface area contributed by atoms with Crippen LogP contribution in [-0.4, -0.2) is 34.2 Å². The van der Waals surface area contributed by atoms with Gasteiger partial charge in [0.25, 0.3) is 0 Å². The number of carbonyl (C=O) groups is 1. The third-order valence-electron chi connectivity index (χ3n) is 3.69. The second kappa shape index (κ2) is 5.33. The van der Waals surface area contributed by atoms with Crippen LogP contribution in [0.4, 0.5) is 0 Å². The summed E-state index contributed by atoms with van der Waals surface area (Å²) in [6.07, 6.45) is 3.78. The van der Waals surface area contributed by atoms with Crippen molar-refractivity contribution >= 4 is 16.9 Å². The summed E-state index contributed by atoms with van der Waals surface area (Å²) in [5, 5.41) is 13.5. The minimum atomic E-state index is -1.08. The maximum atomic E-state index is 11.5. The molecule has 1 saturated carbocycles. The zero-order chi connectivity index (χ0) is 14.9. The summed E-state index contributed by atoms with van der Waals surface area (Å²) < 4.78 is 5.79. The fourth-order valence-electron chi connectivity index (χ4n) is 2.27. The molecular formula is C16H18N2O3. The number of ether oxygens (including phenoxy) is 1. The summed E-state index contributed by atoms with van der Waals surface area (Å²) >= 11 is 0. The lowest BCUT2D eigenvalue weighted by Crippen LogP contribution is -2.54. The van der Waals surface area contributed by atoms with E-state index in [0.717, 1.165) is 23.7 Å². The first-order chi connectivity index (χ1) is 10.1. The normalized spacial score (nSPS) is 17.4. The average molecular weight is 286 g/mol. The van der Waals surface area contributed by atoms with Gasteiger partial charge in [0.15, 0.2) is 0 Å². The fraction of sp³-hybridized carbons (Fsp3) is 0.375. The van der Waals surface area contributed by atoms with Gasteiger partial charge >= 0.3 is 5.97 Å². The topological polar surface area (TPSA) is 71.5 Å². The number of aromatic nitrogens is 1.